The molecule has 7 nitrogen and oxygen atoms in total. The highest BCUT2D eigenvalue weighted by Gasteiger charge is 2.52. The zero-order chi connectivity index (χ0) is 18.0. The van der Waals surface area contributed by atoms with E-state index in [1.165, 1.54) is 18.2 Å². The third kappa shape index (κ3) is 3.55. The number of thioether (sulfide) groups is 1. The van der Waals surface area contributed by atoms with Gasteiger partial charge >= 0.3 is 0 Å². The van der Waals surface area contributed by atoms with E-state index in [0.29, 0.717) is 18.6 Å². The Labute approximate surface area is 148 Å². The second-order valence-electron chi connectivity index (χ2n) is 6.02. The molecule has 2 heterocycles. The van der Waals surface area contributed by atoms with Crippen LogP contribution in [0, 0.1) is 5.82 Å². The molecule has 2 aliphatic rings. The highest BCUT2D eigenvalue weighted by atomic mass is 32.2. The summed E-state index contributed by atoms with van der Waals surface area (Å²) in [4.78, 5) is 37.3. The standard InChI is InChI=1S/C16H18FN3O4S/c1-16-7-6-14(22)20(16)11(9-25-16)15(23)19-18-13(21)8-24-12-5-3-2-4-10(12)17/h2-5,11H,6-9H2,1H3,(H,18,21)(H,19,23)/t11-,16+/m0/s1. The molecule has 0 aromatic heterocycles. The minimum absolute atomic E-state index is 0.0467. The normalized spacial score (nSPS) is 24.8. The van der Waals surface area contributed by atoms with Gasteiger partial charge in [0.15, 0.2) is 18.2 Å². The van der Waals surface area contributed by atoms with Crippen LogP contribution in [-0.4, -0.2) is 45.9 Å². The van der Waals surface area contributed by atoms with Gasteiger partial charge in [0.2, 0.25) is 5.91 Å². The smallest absolute Gasteiger partial charge is 0.276 e. The molecule has 0 saturated carbocycles. The Bertz CT molecular complexity index is 716. The predicted octanol–water partition coefficient (Wildman–Crippen LogP) is 0.806. The molecule has 0 bridgehead atoms. The molecule has 134 valence electrons. The molecule has 2 N–H and O–H groups in total. The number of rotatable bonds is 4. The summed E-state index contributed by atoms with van der Waals surface area (Å²) >= 11 is 1.56. The number of carbonyl (C=O) groups excluding carboxylic acids is 3. The van der Waals surface area contributed by atoms with E-state index >= 15 is 0 Å². The topological polar surface area (TPSA) is 87.7 Å². The summed E-state index contributed by atoms with van der Waals surface area (Å²) in [6.07, 6.45) is 1.14. The molecule has 2 atom stereocenters. The Morgan fingerprint density at radius 1 is 1.40 bits per heavy atom. The monoisotopic (exact) mass is 367 g/mol. The van der Waals surface area contributed by atoms with Gasteiger partial charge in [-0.25, -0.2) is 4.39 Å². The lowest BCUT2D eigenvalue weighted by Gasteiger charge is -2.29. The summed E-state index contributed by atoms with van der Waals surface area (Å²) in [5, 5.41) is 0. The molecule has 9 heteroatoms. The minimum Gasteiger partial charge on any atom is -0.481 e. The molecule has 2 fully saturated rings. The molecule has 3 amide bonds. The average molecular weight is 367 g/mol. The lowest BCUT2D eigenvalue weighted by atomic mass is 10.2. The molecule has 2 saturated heterocycles. The highest BCUT2D eigenvalue weighted by Crippen LogP contribution is 2.47. The van der Waals surface area contributed by atoms with Gasteiger partial charge in [0.05, 0.1) is 4.87 Å². The van der Waals surface area contributed by atoms with Crippen molar-refractivity contribution < 1.29 is 23.5 Å². The maximum absolute atomic E-state index is 13.4. The first-order valence-electron chi connectivity index (χ1n) is 7.83. The van der Waals surface area contributed by atoms with Gasteiger partial charge in [0, 0.05) is 12.2 Å². The van der Waals surface area contributed by atoms with Crippen LogP contribution >= 0.6 is 11.8 Å². The molecule has 1 aromatic rings. The Kier molecular flexibility index (Phi) is 4.85. The van der Waals surface area contributed by atoms with Crippen LogP contribution in [0.4, 0.5) is 4.39 Å². The van der Waals surface area contributed by atoms with Gasteiger partial charge in [-0.1, -0.05) is 12.1 Å². The Balaban J connectivity index is 1.48. The van der Waals surface area contributed by atoms with Crippen molar-refractivity contribution in [1.82, 2.24) is 15.8 Å². The fourth-order valence-electron chi connectivity index (χ4n) is 2.97. The molecule has 0 aliphatic carbocycles. The molecule has 1 aromatic carbocycles. The number of halogens is 1. The van der Waals surface area contributed by atoms with Crippen molar-refractivity contribution in [3.63, 3.8) is 0 Å². The van der Waals surface area contributed by atoms with Crippen LogP contribution in [0.15, 0.2) is 24.3 Å². The SMILES string of the molecule is C[C@@]12CCC(=O)N1[C@H](C(=O)NNC(=O)COc1ccccc1F)CS2. The number of hydrogen-bond donors (Lipinski definition) is 2. The molecule has 3 rings (SSSR count). The fourth-order valence-corrected chi connectivity index (χ4v) is 4.40. The molecular formula is C16H18FN3O4S. The molecule has 0 radical (unpaired) electrons. The maximum atomic E-state index is 13.4. The van der Waals surface area contributed by atoms with Crippen LogP contribution in [-0.2, 0) is 14.4 Å². The first-order chi connectivity index (χ1) is 11.9. The number of nitrogens with zero attached hydrogens (tertiary/aromatic N) is 1. The Morgan fingerprint density at radius 3 is 2.92 bits per heavy atom. The van der Waals surface area contributed by atoms with Crippen molar-refractivity contribution in [2.45, 2.75) is 30.7 Å². The van der Waals surface area contributed by atoms with E-state index in [2.05, 4.69) is 10.9 Å². The van der Waals surface area contributed by atoms with Crippen LogP contribution in [0.25, 0.3) is 0 Å². The van der Waals surface area contributed by atoms with Gasteiger partial charge in [-0.2, -0.15) is 0 Å². The summed E-state index contributed by atoms with van der Waals surface area (Å²) in [6.45, 7) is 1.50. The van der Waals surface area contributed by atoms with Crippen molar-refractivity contribution in [3.05, 3.63) is 30.1 Å². The van der Waals surface area contributed by atoms with E-state index in [1.807, 2.05) is 6.92 Å². The number of fused-ring (bicyclic) bond motifs is 1. The van der Waals surface area contributed by atoms with Crippen LogP contribution in [0.5, 0.6) is 5.75 Å². The van der Waals surface area contributed by atoms with E-state index in [4.69, 9.17) is 4.74 Å². The van der Waals surface area contributed by atoms with Crippen LogP contribution in [0.1, 0.15) is 19.8 Å². The summed E-state index contributed by atoms with van der Waals surface area (Å²) < 4.78 is 18.4. The summed E-state index contributed by atoms with van der Waals surface area (Å²) in [6, 6.07) is 5.10. The summed E-state index contributed by atoms with van der Waals surface area (Å²) in [5.74, 6) is -1.27. The van der Waals surface area contributed by atoms with Crippen molar-refractivity contribution in [2.75, 3.05) is 12.4 Å². The number of carbonyl (C=O) groups is 3. The third-order valence-electron chi connectivity index (χ3n) is 4.27. The molecule has 2 aliphatic heterocycles. The van der Waals surface area contributed by atoms with Crippen LogP contribution < -0.4 is 15.6 Å². The van der Waals surface area contributed by atoms with Gasteiger partial charge < -0.3 is 9.64 Å². The van der Waals surface area contributed by atoms with Crippen molar-refractivity contribution in [2.24, 2.45) is 0 Å². The van der Waals surface area contributed by atoms with Gasteiger partial charge in [-0.15, -0.1) is 11.8 Å². The second-order valence-corrected chi connectivity index (χ2v) is 7.52. The number of amides is 3. The Morgan fingerprint density at radius 2 is 2.16 bits per heavy atom. The maximum Gasteiger partial charge on any atom is 0.276 e. The summed E-state index contributed by atoms with van der Waals surface area (Å²) in [5.41, 5.74) is 4.53. The van der Waals surface area contributed by atoms with E-state index in [1.54, 1.807) is 22.7 Å². The van der Waals surface area contributed by atoms with Gasteiger partial charge in [-0.05, 0) is 25.5 Å². The quantitative estimate of drug-likeness (QED) is 0.769. The minimum atomic E-state index is -0.627. The van der Waals surface area contributed by atoms with Crippen LogP contribution in [0.3, 0.4) is 0 Å². The zero-order valence-electron chi connectivity index (χ0n) is 13.6. The zero-order valence-corrected chi connectivity index (χ0v) is 14.4. The van der Waals surface area contributed by atoms with Crippen molar-refractivity contribution in [3.8, 4) is 5.75 Å². The molecular weight excluding hydrogens is 349 g/mol. The predicted molar refractivity (Wildman–Crippen MR) is 88.9 cm³/mol. The van der Waals surface area contributed by atoms with Gasteiger partial charge in [-0.3, -0.25) is 25.2 Å². The van der Waals surface area contributed by atoms with E-state index < -0.39 is 30.3 Å². The number of ether oxygens (including phenoxy) is 1. The third-order valence-corrected chi connectivity index (χ3v) is 5.77. The largest absolute Gasteiger partial charge is 0.481 e. The average Bonchev–Trinajstić information content (AvgIpc) is 3.08. The highest BCUT2D eigenvalue weighted by molar-refractivity contribution is 8.01. The van der Waals surface area contributed by atoms with Gasteiger partial charge in [0.1, 0.15) is 6.04 Å². The fraction of sp³-hybridized carbons (Fsp3) is 0.438. The first-order valence-corrected chi connectivity index (χ1v) is 8.81. The molecule has 0 spiro atoms. The first kappa shape index (κ1) is 17.5. The number of para-hydroxylation sites is 1. The van der Waals surface area contributed by atoms with E-state index in [9.17, 15) is 18.8 Å². The Hall–Kier alpha value is -2.29. The lowest BCUT2D eigenvalue weighted by Crippen LogP contribution is -2.54. The van der Waals surface area contributed by atoms with Gasteiger partial charge in [0.25, 0.3) is 11.8 Å². The number of hydrazine groups is 1. The number of benzene rings is 1. The van der Waals surface area contributed by atoms with Crippen molar-refractivity contribution >= 4 is 29.5 Å². The van der Waals surface area contributed by atoms with Crippen LogP contribution in [0.2, 0.25) is 0 Å². The molecule has 0 unspecified atom stereocenters. The second kappa shape index (κ2) is 6.91. The molecule has 25 heavy (non-hydrogen) atoms. The number of hydrogen-bond acceptors (Lipinski definition) is 5. The van der Waals surface area contributed by atoms with E-state index in [-0.39, 0.29) is 16.5 Å². The lowest BCUT2D eigenvalue weighted by molar-refractivity contribution is -0.139. The number of nitrogens with one attached hydrogen (secondary N) is 2. The van der Waals surface area contributed by atoms with Crippen molar-refractivity contribution in [1.29, 1.82) is 0 Å². The summed E-state index contributed by atoms with van der Waals surface area (Å²) in [7, 11) is 0. The van der Waals surface area contributed by atoms with E-state index in [0.717, 1.165) is 0 Å².